The summed E-state index contributed by atoms with van der Waals surface area (Å²) in [5.74, 6) is 1.38. The van der Waals surface area contributed by atoms with Crippen LogP contribution in [0.15, 0.2) is 18.2 Å². The lowest BCUT2D eigenvalue weighted by atomic mass is 10.0. The highest BCUT2D eigenvalue weighted by molar-refractivity contribution is 7.99. The van der Waals surface area contributed by atoms with Crippen LogP contribution in [0.25, 0.3) is 0 Å². The van der Waals surface area contributed by atoms with Crippen molar-refractivity contribution in [1.29, 1.82) is 0 Å². The number of rotatable bonds is 5. The minimum Gasteiger partial charge on any atom is -0.482 e. The molecule has 1 saturated carbocycles. The number of thioether (sulfide) groups is 1. The van der Waals surface area contributed by atoms with Crippen LogP contribution < -0.4 is 15.0 Å². The van der Waals surface area contributed by atoms with E-state index in [9.17, 15) is 9.59 Å². The largest absolute Gasteiger partial charge is 0.482 e. The third-order valence-corrected chi connectivity index (χ3v) is 5.98. The molecule has 0 unspecified atom stereocenters. The van der Waals surface area contributed by atoms with Crippen LogP contribution in [0, 0.1) is 0 Å². The van der Waals surface area contributed by atoms with Crippen LogP contribution in [0.1, 0.15) is 42.5 Å². The second-order valence-electron chi connectivity index (χ2n) is 6.31. The van der Waals surface area contributed by atoms with Crippen LogP contribution in [-0.2, 0) is 4.79 Å². The van der Waals surface area contributed by atoms with Crippen molar-refractivity contribution in [2.75, 3.05) is 30.9 Å². The molecule has 1 aromatic carbocycles. The van der Waals surface area contributed by atoms with Gasteiger partial charge in [-0.05, 0) is 31.0 Å². The predicted molar refractivity (Wildman–Crippen MR) is 97.0 cm³/mol. The van der Waals surface area contributed by atoms with Crippen molar-refractivity contribution in [2.24, 2.45) is 0 Å². The molecule has 0 bridgehead atoms. The third kappa shape index (κ3) is 4.04. The van der Waals surface area contributed by atoms with E-state index in [0.29, 0.717) is 23.5 Å². The number of carbonyl (C=O) groups is 2. The molecule has 0 atom stereocenters. The lowest BCUT2D eigenvalue weighted by molar-refractivity contribution is -0.120. The van der Waals surface area contributed by atoms with Crippen LogP contribution in [0.3, 0.4) is 0 Å². The molecular weight excluding hydrogens is 324 g/mol. The van der Waals surface area contributed by atoms with Crippen LogP contribution in [-0.4, -0.2) is 43.0 Å². The highest BCUT2D eigenvalue weighted by atomic mass is 32.2. The summed E-state index contributed by atoms with van der Waals surface area (Å²) in [6.45, 7) is 0.718. The highest BCUT2D eigenvalue weighted by Crippen LogP contribution is 2.32. The lowest BCUT2D eigenvalue weighted by Gasteiger charge is -2.26. The number of anilines is 1. The molecule has 1 fully saturated rings. The van der Waals surface area contributed by atoms with Crippen LogP contribution in [0.2, 0.25) is 0 Å². The first-order valence-electron chi connectivity index (χ1n) is 8.58. The minimum absolute atomic E-state index is 0.0490. The SMILES string of the molecule is CN1C(=O)COc2ccc(C(=O)NCCSC3CCCCC3)cc21. The molecule has 0 radical (unpaired) electrons. The van der Waals surface area contributed by atoms with E-state index in [1.165, 1.54) is 37.0 Å². The number of amides is 2. The zero-order valence-electron chi connectivity index (χ0n) is 14.0. The van der Waals surface area contributed by atoms with E-state index >= 15 is 0 Å². The summed E-state index contributed by atoms with van der Waals surface area (Å²) in [5.41, 5.74) is 1.21. The van der Waals surface area contributed by atoms with Gasteiger partial charge in [-0.25, -0.2) is 0 Å². The van der Waals surface area contributed by atoms with Crippen LogP contribution in [0.5, 0.6) is 5.75 Å². The summed E-state index contributed by atoms with van der Waals surface area (Å²) < 4.78 is 5.38. The van der Waals surface area contributed by atoms with E-state index in [0.717, 1.165) is 11.0 Å². The number of likely N-dealkylation sites (N-methyl/N-ethyl adjacent to an activating group) is 1. The zero-order chi connectivity index (χ0) is 16.9. The Morgan fingerprint density at radius 2 is 2.12 bits per heavy atom. The Labute approximate surface area is 147 Å². The van der Waals surface area contributed by atoms with E-state index in [2.05, 4.69) is 5.32 Å². The maximum absolute atomic E-state index is 12.3. The van der Waals surface area contributed by atoms with E-state index < -0.39 is 0 Å². The highest BCUT2D eigenvalue weighted by Gasteiger charge is 2.23. The molecule has 130 valence electrons. The fourth-order valence-corrected chi connectivity index (χ4v) is 4.36. The van der Waals surface area contributed by atoms with Crippen molar-refractivity contribution in [3.8, 4) is 5.75 Å². The number of carbonyl (C=O) groups excluding carboxylic acids is 2. The maximum Gasteiger partial charge on any atom is 0.264 e. The summed E-state index contributed by atoms with van der Waals surface area (Å²) in [4.78, 5) is 25.5. The standard InChI is InChI=1S/C18H24N2O3S/c1-20-15-11-13(7-8-16(15)23-12-17(20)21)18(22)19-9-10-24-14-5-3-2-4-6-14/h7-8,11,14H,2-6,9-10,12H2,1H3,(H,19,22). The number of hydrogen-bond acceptors (Lipinski definition) is 4. The second-order valence-corrected chi connectivity index (χ2v) is 7.72. The van der Waals surface area contributed by atoms with Gasteiger partial charge in [-0.15, -0.1) is 0 Å². The lowest BCUT2D eigenvalue weighted by Crippen LogP contribution is -2.35. The second kappa shape index (κ2) is 7.92. The Balaban J connectivity index is 1.51. The van der Waals surface area contributed by atoms with E-state index in [1.54, 1.807) is 25.2 Å². The summed E-state index contributed by atoms with van der Waals surface area (Å²) in [7, 11) is 1.70. The molecule has 1 aromatic rings. The van der Waals surface area contributed by atoms with Gasteiger partial charge >= 0.3 is 0 Å². The van der Waals surface area contributed by atoms with Crippen LogP contribution >= 0.6 is 11.8 Å². The Morgan fingerprint density at radius 3 is 2.92 bits per heavy atom. The molecule has 0 spiro atoms. The molecule has 0 saturated heterocycles. The van der Waals surface area contributed by atoms with Crippen molar-refractivity contribution in [3.63, 3.8) is 0 Å². The average molecular weight is 348 g/mol. The molecule has 1 heterocycles. The van der Waals surface area contributed by atoms with Gasteiger partial charge in [0.2, 0.25) is 0 Å². The predicted octanol–water partition coefficient (Wildman–Crippen LogP) is 2.84. The van der Waals surface area contributed by atoms with Gasteiger partial charge in [0.05, 0.1) is 5.69 Å². The van der Waals surface area contributed by atoms with Gasteiger partial charge in [-0.1, -0.05) is 19.3 Å². The maximum atomic E-state index is 12.3. The van der Waals surface area contributed by atoms with Gasteiger partial charge in [0, 0.05) is 30.2 Å². The van der Waals surface area contributed by atoms with Gasteiger partial charge in [0.15, 0.2) is 6.61 Å². The van der Waals surface area contributed by atoms with E-state index in [1.807, 2.05) is 11.8 Å². The topological polar surface area (TPSA) is 58.6 Å². The fourth-order valence-electron chi connectivity index (χ4n) is 3.14. The molecule has 1 N–H and O–H groups in total. The average Bonchev–Trinajstić information content (AvgIpc) is 2.62. The summed E-state index contributed by atoms with van der Waals surface area (Å²) in [5, 5.41) is 3.73. The van der Waals surface area contributed by atoms with Crippen LogP contribution in [0.4, 0.5) is 5.69 Å². The summed E-state index contributed by atoms with van der Waals surface area (Å²) in [6.07, 6.45) is 6.67. The normalized spacial score (nSPS) is 18.0. The Hall–Kier alpha value is -1.69. The van der Waals surface area contributed by atoms with Gasteiger partial charge in [0.25, 0.3) is 11.8 Å². The fraction of sp³-hybridized carbons (Fsp3) is 0.556. The molecule has 6 heteroatoms. The summed E-state index contributed by atoms with van der Waals surface area (Å²) >= 11 is 1.97. The number of fused-ring (bicyclic) bond motifs is 1. The molecule has 0 aromatic heterocycles. The number of nitrogens with zero attached hydrogens (tertiary/aromatic N) is 1. The first-order valence-corrected chi connectivity index (χ1v) is 9.63. The van der Waals surface area contributed by atoms with Crippen molar-refractivity contribution >= 4 is 29.3 Å². The number of ether oxygens (including phenoxy) is 1. The van der Waals surface area contributed by atoms with Crippen molar-refractivity contribution in [2.45, 2.75) is 37.4 Å². The Bertz CT molecular complexity index is 614. The molecule has 1 aliphatic heterocycles. The number of benzene rings is 1. The first kappa shape index (κ1) is 17.1. The Morgan fingerprint density at radius 1 is 1.33 bits per heavy atom. The molecule has 3 rings (SSSR count). The first-order chi connectivity index (χ1) is 11.6. The van der Waals surface area contributed by atoms with Crippen molar-refractivity contribution in [1.82, 2.24) is 5.32 Å². The monoisotopic (exact) mass is 348 g/mol. The molecular formula is C18H24N2O3S. The van der Waals surface area contributed by atoms with Gasteiger partial charge in [-0.2, -0.15) is 11.8 Å². The third-order valence-electron chi connectivity index (χ3n) is 4.60. The number of nitrogens with one attached hydrogen (secondary N) is 1. The quantitative estimate of drug-likeness (QED) is 0.832. The zero-order valence-corrected chi connectivity index (χ0v) is 14.9. The van der Waals surface area contributed by atoms with Crippen molar-refractivity contribution in [3.05, 3.63) is 23.8 Å². The molecule has 1 aliphatic carbocycles. The van der Waals surface area contributed by atoms with E-state index in [-0.39, 0.29) is 18.4 Å². The molecule has 2 amide bonds. The molecule has 24 heavy (non-hydrogen) atoms. The van der Waals surface area contributed by atoms with Gasteiger partial charge < -0.3 is 15.0 Å². The molecule has 2 aliphatic rings. The van der Waals surface area contributed by atoms with E-state index in [4.69, 9.17) is 4.74 Å². The van der Waals surface area contributed by atoms with Crippen molar-refractivity contribution < 1.29 is 14.3 Å². The van der Waals surface area contributed by atoms with Gasteiger partial charge in [-0.3, -0.25) is 9.59 Å². The number of hydrogen-bond donors (Lipinski definition) is 1. The molecule has 5 nitrogen and oxygen atoms in total. The van der Waals surface area contributed by atoms with Gasteiger partial charge in [0.1, 0.15) is 5.75 Å². The smallest absolute Gasteiger partial charge is 0.264 e. The Kier molecular flexibility index (Phi) is 5.66. The minimum atomic E-state index is -0.107. The summed E-state index contributed by atoms with van der Waals surface area (Å²) in [6, 6.07) is 5.21.